The van der Waals surface area contributed by atoms with E-state index in [2.05, 4.69) is 31.4 Å². The van der Waals surface area contributed by atoms with Crippen molar-refractivity contribution in [3.8, 4) is 0 Å². The van der Waals surface area contributed by atoms with Crippen LogP contribution >= 0.6 is 0 Å². The lowest BCUT2D eigenvalue weighted by molar-refractivity contribution is -0.133. The van der Waals surface area contributed by atoms with Crippen molar-refractivity contribution < 1.29 is 4.79 Å². The molecule has 3 nitrogen and oxygen atoms in total. The molecule has 0 bridgehead atoms. The van der Waals surface area contributed by atoms with Crippen LogP contribution in [0.4, 0.5) is 0 Å². The predicted octanol–water partition coefficient (Wildman–Crippen LogP) is 2.46. The first-order valence-electron chi connectivity index (χ1n) is 7.49. The second-order valence-corrected chi connectivity index (χ2v) is 6.99. The van der Waals surface area contributed by atoms with Gasteiger partial charge in [-0.2, -0.15) is 0 Å². The van der Waals surface area contributed by atoms with Gasteiger partial charge in [-0.1, -0.05) is 20.8 Å². The van der Waals surface area contributed by atoms with Crippen LogP contribution in [0.5, 0.6) is 0 Å². The normalized spacial score (nSPS) is 35.4. The van der Waals surface area contributed by atoms with Crippen LogP contribution in [0.1, 0.15) is 59.3 Å². The Morgan fingerprint density at radius 1 is 1.39 bits per heavy atom. The zero-order chi connectivity index (χ0) is 13.2. The van der Waals surface area contributed by atoms with E-state index in [1.54, 1.807) is 0 Å². The quantitative estimate of drug-likeness (QED) is 0.810. The van der Waals surface area contributed by atoms with Crippen LogP contribution < -0.4 is 10.6 Å². The molecular formula is C15H28N2O. The number of amides is 1. The summed E-state index contributed by atoms with van der Waals surface area (Å²) in [5.41, 5.74) is 0.257. The lowest BCUT2D eigenvalue weighted by Gasteiger charge is -2.36. The van der Waals surface area contributed by atoms with Gasteiger partial charge in [0.25, 0.3) is 0 Å². The molecule has 1 saturated heterocycles. The van der Waals surface area contributed by atoms with Crippen LogP contribution in [0.2, 0.25) is 0 Å². The highest BCUT2D eigenvalue weighted by Gasteiger charge is 2.40. The van der Waals surface area contributed by atoms with Gasteiger partial charge in [0, 0.05) is 12.6 Å². The van der Waals surface area contributed by atoms with Crippen LogP contribution in [0.3, 0.4) is 0 Å². The molecule has 2 fully saturated rings. The number of rotatable bonds is 3. The first kappa shape index (κ1) is 13.9. The van der Waals surface area contributed by atoms with Gasteiger partial charge in [-0.25, -0.2) is 0 Å². The topological polar surface area (TPSA) is 41.1 Å². The van der Waals surface area contributed by atoms with E-state index in [-0.39, 0.29) is 5.41 Å². The molecule has 18 heavy (non-hydrogen) atoms. The highest BCUT2D eigenvalue weighted by molar-refractivity contribution is 5.83. The van der Waals surface area contributed by atoms with E-state index < -0.39 is 0 Å². The van der Waals surface area contributed by atoms with E-state index in [1.807, 2.05) is 0 Å². The maximum Gasteiger partial charge on any atom is 0.227 e. The van der Waals surface area contributed by atoms with E-state index in [0.29, 0.717) is 17.4 Å². The largest absolute Gasteiger partial charge is 0.353 e. The Morgan fingerprint density at radius 2 is 2.17 bits per heavy atom. The molecule has 1 aliphatic heterocycles. The van der Waals surface area contributed by atoms with Crippen molar-refractivity contribution in [2.75, 3.05) is 13.1 Å². The highest BCUT2D eigenvalue weighted by Crippen LogP contribution is 2.38. The maximum atomic E-state index is 12.6. The molecule has 2 N–H and O–H groups in total. The second-order valence-electron chi connectivity index (χ2n) is 6.99. The minimum absolute atomic E-state index is 0.148. The molecule has 104 valence electrons. The summed E-state index contributed by atoms with van der Waals surface area (Å²) in [5.74, 6) is 0.292. The zero-order valence-electron chi connectivity index (χ0n) is 12.1. The van der Waals surface area contributed by atoms with Crippen LogP contribution in [0.15, 0.2) is 0 Å². The summed E-state index contributed by atoms with van der Waals surface area (Å²) < 4.78 is 0. The van der Waals surface area contributed by atoms with E-state index in [9.17, 15) is 4.79 Å². The van der Waals surface area contributed by atoms with Gasteiger partial charge < -0.3 is 10.6 Å². The van der Waals surface area contributed by atoms with E-state index in [1.165, 1.54) is 6.42 Å². The molecule has 1 saturated carbocycles. The summed E-state index contributed by atoms with van der Waals surface area (Å²) in [6, 6.07) is 0.401. The second kappa shape index (κ2) is 5.20. The van der Waals surface area contributed by atoms with Gasteiger partial charge in [0.2, 0.25) is 5.91 Å². The van der Waals surface area contributed by atoms with Gasteiger partial charge in [0.05, 0.1) is 5.41 Å². The smallest absolute Gasteiger partial charge is 0.227 e. The number of carbonyl (C=O) groups is 1. The van der Waals surface area contributed by atoms with Crippen molar-refractivity contribution in [1.29, 1.82) is 0 Å². The van der Waals surface area contributed by atoms with Gasteiger partial charge in [0.1, 0.15) is 0 Å². The number of piperidine rings is 1. The standard InChI is InChI=1S/C15H28N2O/c1-4-15(7-5-9-16-11-15)13(18)17-12-6-8-14(2,3)10-12/h12,16H,4-11H2,1-3H3,(H,17,18). The predicted molar refractivity (Wildman–Crippen MR) is 74.4 cm³/mol. The molecule has 3 heteroatoms. The van der Waals surface area contributed by atoms with Crippen molar-refractivity contribution >= 4 is 5.91 Å². The molecule has 1 heterocycles. The molecule has 2 unspecified atom stereocenters. The Kier molecular flexibility index (Phi) is 4.00. The first-order chi connectivity index (χ1) is 8.47. The zero-order valence-corrected chi connectivity index (χ0v) is 12.1. The summed E-state index contributed by atoms with van der Waals surface area (Å²) in [5, 5.41) is 6.70. The number of carbonyl (C=O) groups excluding carboxylic acids is 1. The average Bonchev–Trinajstić information content (AvgIpc) is 2.69. The van der Waals surface area contributed by atoms with Crippen molar-refractivity contribution in [3.63, 3.8) is 0 Å². The van der Waals surface area contributed by atoms with Crippen molar-refractivity contribution in [3.05, 3.63) is 0 Å². The lowest BCUT2D eigenvalue weighted by atomic mass is 9.77. The number of hydrogen-bond donors (Lipinski definition) is 2. The van der Waals surface area contributed by atoms with Gasteiger partial charge in [-0.05, 0) is 50.5 Å². The van der Waals surface area contributed by atoms with E-state index >= 15 is 0 Å². The number of hydrogen-bond acceptors (Lipinski definition) is 2. The summed E-state index contributed by atoms with van der Waals surface area (Å²) in [7, 11) is 0. The monoisotopic (exact) mass is 252 g/mol. The Bertz CT molecular complexity index is 306. The molecular weight excluding hydrogens is 224 g/mol. The molecule has 0 aromatic carbocycles. The van der Waals surface area contributed by atoms with Crippen LogP contribution in [0.25, 0.3) is 0 Å². The maximum absolute atomic E-state index is 12.6. The average molecular weight is 252 g/mol. The summed E-state index contributed by atoms with van der Waals surface area (Å²) >= 11 is 0. The molecule has 0 radical (unpaired) electrons. The van der Waals surface area contributed by atoms with E-state index in [4.69, 9.17) is 0 Å². The van der Waals surface area contributed by atoms with Crippen molar-refractivity contribution in [2.45, 2.75) is 65.3 Å². The fourth-order valence-electron chi connectivity index (χ4n) is 3.52. The number of nitrogens with one attached hydrogen (secondary N) is 2. The van der Waals surface area contributed by atoms with Gasteiger partial charge in [0.15, 0.2) is 0 Å². The first-order valence-corrected chi connectivity index (χ1v) is 7.49. The van der Waals surface area contributed by atoms with Crippen LogP contribution in [-0.2, 0) is 4.79 Å². The van der Waals surface area contributed by atoms with Crippen molar-refractivity contribution in [2.24, 2.45) is 10.8 Å². The SMILES string of the molecule is CCC1(C(=O)NC2CCC(C)(C)C2)CCCNC1. The van der Waals surface area contributed by atoms with Gasteiger partial charge in [-0.3, -0.25) is 4.79 Å². The molecule has 2 rings (SSSR count). The Balaban J connectivity index is 1.94. The highest BCUT2D eigenvalue weighted by atomic mass is 16.2. The van der Waals surface area contributed by atoms with Gasteiger partial charge in [-0.15, -0.1) is 0 Å². The third-order valence-corrected chi connectivity index (χ3v) is 4.93. The van der Waals surface area contributed by atoms with E-state index in [0.717, 1.165) is 45.2 Å². The van der Waals surface area contributed by atoms with Crippen LogP contribution in [0, 0.1) is 10.8 Å². The van der Waals surface area contributed by atoms with Gasteiger partial charge >= 0.3 is 0 Å². The molecule has 0 aromatic heterocycles. The fourth-order valence-corrected chi connectivity index (χ4v) is 3.52. The Labute approximate surface area is 111 Å². The summed E-state index contributed by atoms with van der Waals surface area (Å²) in [6.45, 7) is 8.66. The molecule has 0 aromatic rings. The third-order valence-electron chi connectivity index (χ3n) is 4.93. The van der Waals surface area contributed by atoms with Crippen LogP contribution in [-0.4, -0.2) is 25.0 Å². The lowest BCUT2D eigenvalue weighted by Crippen LogP contribution is -2.52. The van der Waals surface area contributed by atoms with Crippen molar-refractivity contribution in [1.82, 2.24) is 10.6 Å². The molecule has 1 amide bonds. The third kappa shape index (κ3) is 2.87. The fraction of sp³-hybridized carbons (Fsp3) is 0.933. The Morgan fingerprint density at radius 3 is 2.67 bits per heavy atom. The molecule has 2 aliphatic rings. The molecule has 1 aliphatic carbocycles. The minimum atomic E-state index is -0.148. The Hall–Kier alpha value is -0.570. The summed E-state index contributed by atoms with van der Waals surface area (Å²) in [4.78, 5) is 12.6. The minimum Gasteiger partial charge on any atom is -0.353 e. The molecule has 0 spiro atoms. The summed E-state index contributed by atoms with van der Waals surface area (Å²) in [6.07, 6.45) is 6.62. The molecule has 2 atom stereocenters.